The summed E-state index contributed by atoms with van der Waals surface area (Å²) in [5.41, 5.74) is 3.58. The average molecular weight is 236 g/mol. The Labute approximate surface area is 105 Å². The van der Waals surface area contributed by atoms with Crippen molar-refractivity contribution in [2.24, 2.45) is 0 Å². The average Bonchev–Trinajstić information content (AvgIpc) is 2.34. The van der Waals surface area contributed by atoms with Crippen LogP contribution >= 0.6 is 0 Å². The maximum Gasteiger partial charge on any atom is 0.133 e. The Kier molecular flexibility index (Phi) is 8.07. The number of hydrogen-bond donors (Lipinski definition) is 1. The van der Waals surface area contributed by atoms with Crippen LogP contribution in [0, 0.1) is 6.92 Å². The van der Waals surface area contributed by atoms with E-state index in [1.54, 1.807) is 0 Å². The molecule has 0 heterocycles. The van der Waals surface area contributed by atoms with E-state index in [0.717, 1.165) is 18.5 Å². The van der Waals surface area contributed by atoms with E-state index in [1.165, 1.54) is 11.1 Å². The Morgan fingerprint density at radius 1 is 1.35 bits per heavy atom. The van der Waals surface area contributed by atoms with Gasteiger partial charge in [-0.3, -0.25) is 4.90 Å². The summed E-state index contributed by atoms with van der Waals surface area (Å²) in [5, 5.41) is 3.17. The Balaban J connectivity index is 0.00000121. The molecule has 1 rings (SSSR count). The quantitative estimate of drug-likeness (QED) is 0.798. The Morgan fingerprint density at radius 2 is 2.00 bits per heavy atom. The van der Waals surface area contributed by atoms with Gasteiger partial charge in [0.1, 0.15) is 6.29 Å². The third-order valence-corrected chi connectivity index (χ3v) is 2.36. The monoisotopic (exact) mass is 236 g/mol. The molecule has 0 radical (unpaired) electrons. The normalized spacial score (nSPS) is 9.53. The fraction of sp³-hybridized carbons (Fsp3) is 0.500. The van der Waals surface area contributed by atoms with Crippen molar-refractivity contribution in [1.82, 2.24) is 4.90 Å². The third-order valence-electron chi connectivity index (χ3n) is 2.36. The van der Waals surface area contributed by atoms with Gasteiger partial charge in [0.25, 0.3) is 0 Å². The van der Waals surface area contributed by atoms with Gasteiger partial charge in [-0.05, 0) is 31.2 Å². The van der Waals surface area contributed by atoms with E-state index < -0.39 is 0 Å². The lowest BCUT2D eigenvalue weighted by molar-refractivity contribution is -0.108. The summed E-state index contributed by atoms with van der Waals surface area (Å²) in [6.07, 6.45) is 0.924. The van der Waals surface area contributed by atoms with Crippen LogP contribution < -0.4 is 5.32 Å². The second-order valence-electron chi connectivity index (χ2n) is 3.77. The highest BCUT2D eigenvalue weighted by Gasteiger charge is 2.04. The molecule has 0 atom stereocenters. The van der Waals surface area contributed by atoms with Gasteiger partial charge in [-0.1, -0.05) is 26.0 Å². The number of nitrogens with zero attached hydrogens (tertiary/aromatic N) is 1. The number of carbonyl (C=O) groups is 1. The van der Waals surface area contributed by atoms with Crippen molar-refractivity contribution in [3.05, 3.63) is 29.3 Å². The molecule has 0 amide bonds. The molecule has 0 unspecified atom stereocenters. The lowest BCUT2D eigenvalue weighted by Gasteiger charge is -2.16. The van der Waals surface area contributed by atoms with E-state index in [-0.39, 0.29) is 0 Å². The fourth-order valence-corrected chi connectivity index (χ4v) is 1.54. The molecule has 0 aromatic heterocycles. The lowest BCUT2D eigenvalue weighted by Crippen LogP contribution is -2.20. The molecule has 3 heteroatoms. The van der Waals surface area contributed by atoms with Crippen LogP contribution in [0.25, 0.3) is 0 Å². The maximum atomic E-state index is 10.4. The van der Waals surface area contributed by atoms with E-state index in [4.69, 9.17) is 0 Å². The smallest absolute Gasteiger partial charge is 0.133 e. The molecule has 1 aromatic carbocycles. The minimum atomic E-state index is 0.469. The van der Waals surface area contributed by atoms with Gasteiger partial charge in [0, 0.05) is 19.3 Å². The van der Waals surface area contributed by atoms with Crippen LogP contribution in [-0.2, 0) is 11.3 Å². The Morgan fingerprint density at radius 3 is 2.53 bits per heavy atom. The van der Waals surface area contributed by atoms with E-state index >= 15 is 0 Å². The summed E-state index contributed by atoms with van der Waals surface area (Å²) in [4.78, 5) is 12.3. The number of carbonyl (C=O) groups excluding carboxylic acids is 1. The first kappa shape index (κ1) is 15.7. The summed E-state index contributed by atoms with van der Waals surface area (Å²) < 4.78 is 0. The number of likely N-dealkylation sites (N-methyl/N-ethyl adjacent to an activating group) is 1. The van der Waals surface area contributed by atoms with Crippen LogP contribution in [0.3, 0.4) is 0 Å². The van der Waals surface area contributed by atoms with Gasteiger partial charge in [-0.2, -0.15) is 0 Å². The van der Waals surface area contributed by atoms with E-state index in [2.05, 4.69) is 30.4 Å². The van der Waals surface area contributed by atoms with Gasteiger partial charge in [-0.15, -0.1) is 0 Å². The van der Waals surface area contributed by atoms with Crippen molar-refractivity contribution in [3.63, 3.8) is 0 Å². The molecule has 0 fully saturated rings. The zero-order valence-electron chi connectivity index (χ0n) is 11.6. The highest BCUT2D eigenvalue weighted by Crippen LogP contribution is 2.18. The second-order valence-corrected chi connectivity index (χ2v) is 3.77. The van der Waals surface area contributed by atoms with Crippen molar-refractivity contribution in [3.8, 4) is 0 Å². The molecule has 1 aromatic rings. The molecule has 0 aliphatic carbocycles. The molecular formula is C14H24N2O. The van der Waals surface area contributed by atoms with Gasteiger partial charge in [0.2, 0.25) is 0 Å². The highest BCUT2D eigenvalue weighted by molar-refractivity contribution is 5.54. The molecule has 0 saturated heterocycles. The van der Waals surface area contributed by atoms with Crippen LogP contribution in [-0.4, -0.2) is 31.8 Å². The first-order chi connectivity index (χ1) is 8.17. The number of nitrogens with one attached hydrogen (secondary N) is 1. The first-order valence-electron chi connectivity index (χ1n) is 6.07. The van der Waals surface area contributed by atoms with Crippen molar-refractivity contribution in [2.45, 2.75) is 27.3 Å². The molecule has 0 aliphatic rings. The molecule has 0 spiro atoms. The van der Waals surface area contributed by atoms with Gasteiger partial charge < -0.3 is 10.1 Å². The Bertz CT molecular complexity index is 337. The standard InChI is InChI=1S/C12H18N2O.C2H6/c1-10-4-5-11(12(8-10)13-2)9-14(3)6-7-15;1-2/h4-5,7-8,13H,6,9H2,1-3H3;1-2H3. The minimum Gasteiger partial charge on any atom is -0.388 e. The number of aryl methyl sites for hydroxylation is 1. The number of rotatable bonds is 5. The molecule has 0 aliphatic heterocycles. The lowest BCUT2D eigenvalue weighted by atomic mass is 10.1. The zero-order valence-corrected chi connectivity index (χ0v) is 11.6. The molecule has 17 heavy (non-hydrogen) atoms. The summed E-state index contributed by atoms with van der Waals surface area (Å²) >= 11 is 0. The zero-order chi connectivity index (χ0) is 13.3. The summed E-state index contributed by atoms with van der Waals surface area (Å²) in [5.74, 6) is 0. The first-order valence-corrected chi connectivity index (χ1v) is 6.07. The Hall–Kier alpha value is -1.35. The fourth-order valence-electron chi connectivity index (χ4n) is 1.54. The summed E-state index contributed by atoms with van der Waals surface area (Å²) in [6.45, 7) is 7.33. The number of benzene rings is 1. The van der Waals surface area contributed by atoms with Gasteiger partial charge in [0.15, 0.2) is 0 Å². The van der Waals surface area contributed by atoms with Crippen LogP contribution in [0.1, 0.15) is 25.0 Å². The van der Waals surface area contributed by atoms with Crippen LogP contribution in [0.2, 0.25) is 0 Å². The third kappa shape index (κ3) is 5.50. The minimum absolute atomic E-state index is 0.469. The number of hydrogen-bond acceptors (Lipinski definition) is 3. The highest BCUT2D eigenvalue weighted by atomic mass is 16.1. The number of aldehydes is 1. The molecule has 0 bridgehead atoms. The van der Waals surface area contributed by atoms with Crippen molar-refractivity contribution in [2.75, 3.05) is 26.0 Å². The predicted molar refractivity (Wildman–Crippen MR) is 74.5 cm³/mol. The molecule has 0 saturated carbocycles. The summed E-state index contributed by atoms with van der Waals surface area (Å²) in [7, 11) is 3.85. The van der Waals surface area contributed by atoms with Gasteiger partial charge in [-0.25, -0.2) is 0 Å². The van der Waals surface area contributed by atoms with Gasteiger partial charge in [0.05, 0.1) is 6.54 Å². The largest absolute Gasteiger partial charge is 0.388 e. The van der Waals surface area contributed by atoms with Crippen molar-refractivity contribution < 1.29 is 4.79 Å². The second kappa shape index (κ2) is 8.76. The summed E-state index contributed by atoms with van der Waals surface area (Å²) in [6, 6.07) is 6.30. The van der Waals surface area contributed by atoms with Crippen LogP contribution in [0.4, 0.5) is 5.69 Å². The maximum absolute atomic E-state index is 10.4. The molecular weight excluding hydrogens is 212 g/mol. The van der Waals surface area contributed by atoms with E-state index in [1.807, 2.05) is 32.8 Å². The molecule has 3 nitrogen and oxygen atoms in total. The SMILES string of the molecule is CC.CNc1cc(C)ccc1CN(C)CC=O. The topological polar surface area (TPSA) is 32.3 Å². The van der Waals surface area contributed by atoms with E-state index in [9.17, 15) is 4.79 Å². The van der Waals surface area contributed by atoms with Crippen LogP contribution in [0.15, 0.2) is 18.2 Å². The molecule has 96 valence electrons. The van der Waals surface area contributed by atoms with Crippen molar-refractivity contribution in [1.29, 1.82) is 0 Å². The van der Waals surface area contributed by atoms with E-state index in [0.29, 0.717) is 6.54 Å². The predicted octanol–water partition coefficient (Wildman–Crippen LogP) is 2.69. The molecule has 1 N–H and O–H groups in total. The van der Waals surface area contributed by atoms with Gasteiger partial charge >= 0.3 is 0 Å². The number of anilines is 1. The van der Waals surface area contributed by atoms with Crippen LogP contribution in [0.5, 0.6) is 0 Å². The van der Waals surface area contributed by atoms with Crippen molar-refractivity contribution >= 4 is 12.0 Å².